The zero-order valence-electron chi connectivity index (χ0n) is 11.3. The van der Waals surface area contributed by atoms with Gasteiger partial charge < -0.3 is 15.8 Å². The van der Waals surface area contributed by atoms with Crippen LogP contribution in [0.25, 0.3) is 0 Å². The number of nitrogens with one attached hydrogen (secondary N) is 1. The molecular weight excluding hydrogens is 298 g/mol. The largest absolute Gasteiger partial charge is 0.381 e. The monoisotopic (exact) mass is 313 g/mol. The third kappa shape index (κ3) is 3.69. The molecular formula is C13H16ClN3O4. The molecule has 7 nitrogen and oxygen atoms in total. The average molecular weight is 314 g/mol. The molecule has 0 spiro atoms. The normalized spacial score (nSPS) is 17.2. The van der Waals surface area contributed by atoms with Gasteiger partial charge in [-0.2, -0.15) is 0 Å². The number of carbonyl (C=O) groups is 1. The van der Waals surface area contributed by atoms with E-state index in [1.807, 2.05) is 0 Å². The molecule has 0 unspecified atom stereocenters. The van der Waals surface area contributed by atoms with E-state index in [0.29, 0.717) is 36.6 Å². The van der Waals surface area contributed by atoms with Gasteiger partial charge in [-0.05, 0) is 24.5 Å². The Labute approximate surface area is 126 Å². The van der Waals surface area contributed by atoms with E-state index in [4.69, 9.17) is 22.1 Å². The fourth-order valence-corrected chi connectivity index (χ4v) is 2.31. The van der Waals surface area contributed by atoms with Crippen molar-refractivity contribution >= 4 is 23.2 Å². The Hall–Kier alpha value is -1.70. The Morgan fingerprint density at radius 2 is 2.14 bits per heavy atom. The molecule has 0 aromatic heterocycles. The minimum absolute atomic E-state index is 0.0721. The molecule has 2 rings (SSSR count). The lowest BCUT2D eigenvalue weighted by atomic mass is 9.90. The topological polar surface area (TPSA) is 107 Å². The summed E-state index contributed by atoms with van der Waals surface area (Å²) in [6.07, 6.45) is 0.892. The maximum absolute atomic E-state index is 12.2. The van der Waals surface area contributed by atoms with Gasteiger partial charge in [0.1, 0.15) is 0 Å². The van der Waals surface area contributed by atoms with Gasteiger partial charge in [0, 0.05) is 36.9 Å². The molecule has 0 atom stereocenters. The van der Waals surface area contributed by atoms with Crippen LogP contribution in [0.15, 0.2) is 18.2 Å². The van der Waals surface area contributed by atoms with E-state index in [1.165, 1.54) is 18.2 Å². The number of amides is 1. The van der Waals surface area contributed by atoms with Gasteiger partial charge in [-0.1, -0.05) is 11.6 Å². The van der Waals surface area contributed by atoms with Crippen LogP contribution in [0.5, 0.6) is 0 Å². The number of nitro benzene ring substituents is 1. The molecule has 0 saturated carbocycles. The first-order valence-electron chi connectivity index (χ1n) is 6.50. The Morgan fingerprint density at radius 1 is 1.48 bits per heavy atom. The molecule has 3 N–H and O–H groups in total. The van der Waals surface area contributed by atoms with Gasteiger partial charge in [-0.3, -0.25) is 14.9 Å². The van der Waals surface area contributed by atoms with Crippen molar-refractivity contribution in [1.29, 1.82) is 0 Å². The van der Waals surface area contributed by atoms with Crippen LogP contribution in [0.3, 0.4) is 0 Å². The van der Waals surface area contributed by atoms with E-state index in [9.17, 15) is 14.9 Å². The first-order valence-corrected chi connectivity index (χ1v) is 6.88. The van der Waals surface area contributed by atoms with Crippen LogP contribution >= 0.6 is 11.6 Å². The highest BCUT2D eigenvalue weighted by Crippen LogP contribution is 2.23. The van der Waals surface area contributed by atoms with Gasteiger partial charge in [-0.15, -0.1) is 0 Å². The van der Waals surface area contributed by atoms with Gasteiger partial charge in [0.15, 0.2) is 0 Å². The Kier molecular flexibility index (Phi) is 4.76. The second-order valence-electron chi connectivity index (χ2n) is 4.98. The summed E-state index contributed by atoms with van der Waals surface area (Å²) in [6.45, 7) is 0.988. The Morgan fingerprint density at radius 3 is 2.76 bits per heavy atom. The molecule has 0 bridgehead atoms. The molecule has 8 heteroatoms. The van der Waals surface area contributed by atoms with Gasteiger partial charge in [0.05, 0.1) is 10.5 Å². The summed E-state index contributed by atoms with van der Waals surface area (Å²) < 4.78 is 5.18. The van der Waals surface area contributed by atoms with Crippen molar-refractivity contribution in [3.05, 3.63) is 38.9 Å². The van der Waals surface area contributed by atoms with Gasteiger partial charge >= 0.3 is 0 Å². The summed E-state index contributed by atoms with van der Waals surface area (Å²) in [5.74, 6) is -0.298. The predicted molar refractivity (Wildman–Crippen MR) is 76.9 cm³/mol. The van der Waals surface area contributed by atoms with Crippen molar-refractivity contribution in [2.75, 3.05) is 13.2 Å². The molecule has 1 amide bonds. The van der Waals surface area contributed by atoms with Crippen LogP contribution in [0.4, 0.5) is 5.69 Å². The lowest BCUT2D eigenvalue weighted by Gasteiger charge is -2.31. The summed E-state index contributed by atoms with van der Waals surface area (Å²) in [5, 5.41) is 13.8. The number of hydrogen-bond donors (Lipinski definition) is 2. The van der Waals surface area contributed by atoms with E-state index in [0.717, 1.165) is 0 Å². The molecule has 1 aromatic rings. The third-order valence-electron chi connectivity index (χ3n) is 3.52. The van der Waals surface area contributed by atoms with Gasteiger partial charge in [-0.25, -0.2) is 0 Å². The molecule has 1 aromatic carbocycles. The highest BCUT2D eigenvalue weighted by atomic mass is 35.5. The number of rotatable bonds is 4. The molecule has 1 fully saturated rings. The molecule has 1 aliphatic rings. The van der Waals surface area contributed by atoms with Crippen LogP contribution in [-0.2, 0) is 16.1 Å². The lowest BCUT2D eigenvalue weighted by Crippen LogP contribution is -2.56. The number of non-ortho nitro benzene ring substituents is 1. The third-order valence-corrected chi connectivity index (χ3v) is 3.89. The number of hydrogen-bond acceptors (Lipinski definition) is 5. The summed E-state index contributed by atoms with van der Waals surface area (Å²) in [7, 11) is 0. The van der Waals surface area contributed by atoms with E-state index in [1.54, 1.807) is 0 Å². The molecule has 114 valence electrons. The van der Waals surface area contributed by atoms with Crippen LogP contribution < -0.4 is 11.1 Å². The molecule has 0 radical (unpaired) electrons. The zero-order valence-corrected chi connectivity index (χ0v) is 12.1. The number of ether oxygens (including phenoxy) is 1. The van der Waals surface area contributed by atoms with Crippen LogP contribution in [0, 0.1) is 10.1 Å². The molecule has 1 aliphatic heterocycles. The molecule has 1 heterocycles. The van der Waals surface area contributed by atoms with Crippen molar-refractivity contribution in [1.82, 2.24) is 5.32 Å². The van der Waals surface area contributed by atoms with E-state index < -0.39 is 10.5 Å². The number of nitrogens with two attached hydrogens (primary N) is 1. The minimum Gasteiger partial charge on any atom is -0.381 e. The van der Waals surface area contributed by atoms with Crippen molar-refractivity contribution in [2.24, 2.45) is 5.73 Å². The fourth-order valence-electron chi connectivity index (χ4n) is 2.12. The summed E-state index contributed by atoms with van der Waals surface area (Å²) in [5.41, 5.74) is 5.51. The Bertz CT molecular complexity index is 558. The van der Waals surface area contributed by atoms with Crippen molar-refractivity contribution in [3.63, 3.8) is 0 Å². The maximum atomic E-state index is 12.2. The number of nitrogens with zero attached hydrogens (tertiary/aromatic N) is 1. The SMILES string of the molecule is NC1(C(=O)NCc2cc([N+](=O)[O-])ccc2Cl)CCOCC1. The van der Waals surface area contributed by atoms with Crippen LogP contribution in [0.2, 0.25) is 5.02 Å². The number of halogens is 1. The summed E-state index contributed by atoms with van der Waals surface area (Å²) in [6, 6.07) is 4.10. The second kappa shape index (κ2) is 6.38. The van der Waals surface area contributed by atoms with Crippen LogP contribution in [-0.4, -0.2) is 29.6 Å². The van der Waals surface area contributed by atoms with Crippen molar-refractivity contribution in [2.45, 2.75) is 24.9 Å². The minimum atomic E-state index is -0.953. The molecule has 1 saturated heterocycles. The Balaban J connectivity index is 2.04. The molecule has 0 aliphatic carbocycles. The quantitative estimate of drug-likeness (QED) is 0.645. The van der Waals surface area contributed by atoms with Crippen LogP contribution in [0.1, 0.15) is 18.4 Å². The standard InChI is InChI=1S/C13H16ClN3O4/c14-11-2-1-10(17(19)20)7-9(11)8-16-12(18)13(15)3-5-21-6-4-13/h1-2,7H,3-6,8,15H2,(H,16,18). The highest BCUT2D eigenvalue weighted by molar-refractivity contribution is 6.31. The maximum Gasteiger partial charge on any atom is 0.269 e. The van der Waals surface area contributed by atoms with Crippen molar-refractivity contribution < 1.29 is 14.5 Å². The lowest BCUT2D eigenvalue weighted by molar-refractivity contribution is -0.384. The fraction of sp³-hybridized carbons (Fsp3) is 0.462. The van der Waals surface area contributed by atoms with Gasteiger partial charge in [0.25, 0.3) is 5.69 Å². The number of nitro groups is 1. The van der Waals surface area contributed by atoms with Crippen molar-refractivity contribution in [3.8, 4) is 0 Å². The van der Waals surface area contributed by atoms with E-state index >= 15 is 0 Å². The highest BCUT2D eigenvalue weighted by Gasteiger charge is 2.35. The van der Waals surface area contributed by atoms with E-state index in [2.05, 4.69) is 5.32 Å². The van der Waals surface area contributed by atoms with E-state index in [-0.39, 0.29) is 18.1 Å². The second-order valence-corrected chi connectivity index (χ2v) is 5.39. The number of carbonyl (C=O) groups excluding carboxylic acids is 1. The average Bonchev–Trinajstić information content (AvgIpc) is 2.46. The zero-order chi connectivity index (χ0) is 15.5. The first-order chi connectivity index (χ1) is 9.92. The smallest absolute Gasteiger partial charge is 0.269 e. The summed E-state index contributed by atoms with van der Waals surface area (Å²) >= 11 is 5.98. The number of benzene rings is 1. The van der Waals surface area contributed by atoms with Gasteiger partial charge in [0.2, 0.25) is 5.91 Å². The predicted octanol–water partition coefficient (Wildman–Crippen LogP) is 1.37. The first kappa shape index (κ1) is 15.7. The summed E-state index contributed by atoms with van der Waals surface area (Å²) in [4.78, 5) is 22.4. The molecule has 21 heavy (non-hydrogen) atoms.